The summed E-state index contributed by atoms with van der Waals surface area (Å²) >= 11 is 0. The van der Waals surface area contributed by atoms with E-state index in [1.54, 1.807) is 19.4 Å². The third kappa shape index (κ3) is 2.71. The molecule has 0 bridgehead atoms. The summed E-state index contributed by atoms with van der Waals surface area (Å²) in [6, 6.07) is 3.67. The second-order valence-electron chi connectivity index (χ2n) is 4.40. The fourth-order valence-corrected chi connectivity index (χ4v) is 2.07. The van der Waals surface area contributed by atoms with Gasteiger partial charge in [-0.1, -0.05) is 0 Å². The minimum absolute atomic E-state index is 0.0469. The van der Waals surface area contributed by atoms with Gasteiger partial charge in [0.2, 0.25) is 0 Å². The number of aromatic nitrogens is 1. The molecule has 1 aliphatic carbocycles. The molecule has 4 nitrogen and oxygen atoms in total. The highest BCUT2D eigenvalue weighted by molar-refractivity contribution is 5.32. The standard InChI is InChI=1S/C12H18N2O2/c1-16-12(9-2-3-9)10(15)6-8-4-5-14-11(13)7-8/h4-5,7,9-10,12,15H,2-3,6H2,1H3,(H2,13,14). The van der Waals surface area contributed by atoms with Crippen molar-refractivity contribution in [2.45, 2.75) is 31.5 Å². The van der Waals surface area contributed by atoms with Crippen molar-refractivity contribution in [3.8, 4) is 0 Å². The van der Waals surface area contributed by atoms with Gasteiger partial charge in [0.25, 0.3) is 0 Å². The normalized spacial score (nSPS) is 19.4. The number of hydrogen-bond acceptors (Lipinski definition) is 4. The number of methoxy groups -OCH3 is 1. The Balaban J connectivity index is 1.97. The van der Waals surface area contributed by atoms with Crippen LogP contribution in [0.1, 0.15) is 18.4 Å². The van der Waals surface area contributed by atoms with Gasteiger partial charge in [0, 0.05) is 19.7 Å². The van der Waals surface area contributed by atoms with Crippen LogP contribution < -0.4 is 5.73 Å². The lowest BCUT2D eigenvalue weighted by Gasteiger charge is -2.21. The van der Waals surface area contributed by atoms with Crippen molar-refractivity contribution >= 4 is 5.82 Å². The Bertz CT molecular complexity index is 353. The highest BCUT2D eigenvalue weighted by Crippen LogP contribution is 2.36. The van der Waals surface area contributed by atoms with Crippen molar-refractivity contribution in [1.29, 1.82) is 0 Å². The molecule has 0 spiro atoms. The largest absolute Gasteiger partial charge is 0.390 e. The SMILES string of the molecule is COC(C(O)Cc1ccnc(N)c1)C1CC1. The molecule has 1 fully saturated rings. The van der Waals surface area contributed by atoms with Crippen LogP contribution in [0, 0.1) is 5.92 Å². The maximum Gasteiger partial charge on any atom is 0.123 e. The molecule has 0 aromatic carbocycles. The molecule has 2 atom stereocenters. The summed E-state index contributed by atoms with van der Waals surface area (Å²) in [5, 5.41) is 10.1. The van der Waals surface area contributed by atoms with Gasteiger partial charge in [-0.15, -0.1) is 0 Å². The third-order valence-corrected chi connectivity index (χ3v) is 3.03. The Kier molecular flexibility index (Phi) is 3.41. The van der Waals surface area contributed by atoms with E-state index in [1.165, 1.54) is 0 Å². The van der Waals surface area contributed by atoms with Crippen LogP contribution in [0.2, 0.25) is 0 Å². The topological polar surface area (TPSA) is 68.4 Å². The van der Waals surface area contributed by atoms with Gasteiger partial charge in [-0.2, -0.15) is 0 Å². The van der Waals surface area contributed by atoms with E-state index in [4.69, 9.17) is 10.5 Å². The van der Waals surface area contributed by atoms with Gasteiger partial charge >= 0.3 is 0 Å². The molecule has 4 heteroatoms. The van der Waals surface area contributed by atoms with Gasteiger partial charge in [0.15, 0.2) is 0 Å². The summed E-state index contributed by atoms with van der Waals surface area (Å²) in [6.07, 6.45) is 4.05. The van der Waals surface area contributed by atoms with Crippen molar-refractivity contribution in [2.24, 2.45) is 5.92 Å². The zero-order valence-corrected chi connectivity index (χ0v) is 9.47. The average Bonchev–Trinajstić information content (AvgIpc) is 3.03. The zero-order valence-electron chi connectivity index (χ0n) is 9.47. The number of nitrogens with zero attached hydrogens (tertiary/aromatic N) is 1. The molecular formula is C12H18N2O2. The first-order valence-corrected chi connectivity index (χ1v) is 5.62. The summed E-state index contributed by atoms with van der Waals surface area (Å²) < 4.78 is 5.34. The number of nitrogen functional groups attached to an aromatic ring is 1. The van der Waals surface area contributed by atoms with E-state index >= 15 is 0 Å². The minimum atomic E-state index is -0.459. The Morgan fingerprint density at radius 3 is 2.94 bits per heavy atom. The lowest BCUT2D eigenvalue weighted by molar-refractivity contribution is -0.0237. The molecule has 1 aromatic rings. The summed E-state index contributed by atoms with van der Waals surface area (Å²) in [7, 11) is 1.66. The van der Waals surface area contributed by atoms with Gasteiger partial charge in [-0.05, 0) is 36.5 Å². The predicted octanol–water partition coefficient (Wildman–Crippen LogP) is 0.992. The maximum absolute atomic E-state index is 10.1. The summed E-state index contributed by atoms with van der Waals surface area (Å²) in [5.74, 6) is 1.02. The predicted molar refractivity (Wildman–Crippen MR) is 61.9 cm³/mol. The molecule has 0 amide bonds. The Morgan fingerprint density at radius 2 is 2.38 bits per heavy atom. The maximum atomic E-state index is 10.1. The fourth-order valence-electron chi connectivity index (χ4n) is 2.07. The second kappa shape index (κ2) is 4.80. The van der Waals surface area contributed by atoms with Crippen LogP contribution in [0.3, 0.4) is 0 Å². The van der Waals surface area contributed by atoms with E-state index in [-0.39, 0.29) is 6.10 Å². The molecule has 3 N–H and O–H groups in total. The number of nitrogens with two attached hydrogens (primary N) is 1. The highest BCUT2D eigenvalue weighted by Gasteiger charge is 2.35. The molecule has 16 heavy (non-hydrogen) atoms. The van der Waals surface area contributed by atoms with Crippen LogP contribution in [0.5, 0.6) is 0 Å². The van der Waals surface area contributed by atoms with Gasteiger partial charge in [-0.3, -0.25) is 0 Å². The van der Waals surface area contributed by atoms with Crippen molar-refractivity contribution in [1.82, 2.24) is 4.98 Å². The van der Waals surface area contributed by atoms with E-state index in [0.717, 1.165) is 18.4 Å². The molecule has 2 unspecified atom stereocenters. The van der Waals surface area contributed by atoms with Crippen LogP contribution in [-0.4, -0.2) is 29.4 Å². The first-order chi connectivity index (χ1) is 7.70. The van der Waals surface area contributed by atoms with Crippen molar-refractivity contribution < 1.29 is 9.84 Å². The molecule has 2 rings (SSSR count). The quantitative estimate of drug-likeness (QED) is 0.779. The minimum Gasteiger partial charge on any atom is -0.390 e. The monoisotopic (exact) mass is 222 g/mol. The van der Waals surface area contributed by atoms with E-state index in [0.29, 0.717) is 18.2 Å². The number of rotatable bonds is 5. The summed E-state index contributed by atoms with van der Waals surface area (Å²) in [6.45, 7) is 0. The molecule has 1 aromatic heterocycles. The number of pyridine rings is 1. The van der Waals surface area contributed by atoms with Crippen molar-refractivity contribution in [3.05, 3.63) is 23.9 Å². The van der Waals surface area contributed by atoms with Crippen LogP contribution >= 0.6 is 0 Å². The number of aliphatic hydroxyl groups excluding tert-OH is 1. The lowest BCUT2D eigenvalue weighted by Crippen LogP contribution is -2.31. The van der Waals surface area contributed by atoms with E-state index in [9.17, 15) is 5.11 Å². The van der Waals surface area contributed by atoms with E-state index in [1.807, 2.05) is 6.07 Å². The Hall–Kier alpha value is -1.13. The van der Waals surface area contributed by atoms with E-state index < -0.39 is 6.10 Å². The number of ether oxygens (including phenoxy) is 1. The van der Waals surface area contributed by atoms with Crippen LogP contribution in [0.25, 0.3) is 0 Å². The van der Waals surface area contributed by atoms with E-state index in [2.05, 4.69) is 4.98 Å². The number of aliphatic hydroxyl groups is 1. The smallest absolute Gasteiger partial charge is 0.123 e. The molecule has 1 saturated carbocycles. The fraction of sp³-hybridized carbons (Fsp3) is 0.583. The molecule has 0 saturated heterocycles. The van der Waals surface area contributed by atoms with Crippen LogP contribution in [-0.2, 0) is 11.2 Å². The zero-order chi connectivity index (χ0) is 11.5. The van der Waals surface area contributed by atoms with Crippen LogP contribution in [0.15, 0.2) is 18.3 Å². The number of hydrogen-bond donors (Lipinski definition) is 2. The van der Waals surface area contributed by atoms with Gasteiger partial charge < -0.3 is 15.6 Å². The molecule has 1 heterocycles. The molecule has 0 radical (unpaired) electrons. The Morgan fingerprint density at radius 1 is 1.62 bits per heavy atom. The van der Waals surface area contributed by atoms with Gasteiger partial charge in [-0.25, -0.2) is 4.98 Å². The first-order valence-electron chi connectivity index (χ1n) is 5.62. The summed E-state index contributed by atoms with van der Waals surface area (Å²) in [5.41, 5.74) is 6.59. The highest BCUT2D eigenvalue weighted by atomic mass is 16.5. The van der Waals surface area contributed by atoms with Crippen LogP contribution in [0.4, 0.5) is 5.82 Å². The van der Waals surface area contributed by atoms with Gasteiger partial charge in [0.05, 0.1) is 12.2 Å². The summed E-state index contributed by atoms with van der Waals surface area (Å²) in [4.78, 5) is 3.92. The molecule has 0 aliphatic heterocycles. The Labute approximate surface area is 95.4 Å². The first kappa shape index (κ1) is 11.4. The van der Waals surface area contributed by atoms with Crippen molar-refractivity contribution in [2.75, 3.05) is 12.8 Å². The molecule has 1 aliphatic rings. The molecule has 88 valence electrons. The van der Waals surface area contributed by atoms with Crippen molar-refractivity contribution in [3.63, 3.8) is 0 Å². The average molecular weight is 222 g/mol. The lowest BCUT2D eigenvalue weighted by atomic mass is 10.0. The van der Waals surface area contributed by atoms with Gasteiger partial charge in [0.1, 0.15) is 5.82 Å². The third-order valence-electron chi connectivity index (χ3n) is 3.03. The number of anilines is 1. The molecular weight excluding hydrogens is 204 g/mol. The second-order valence-corrected chi connectivity index (χ2v) is 4.40.